The molecule has 0 saturated carbocycles. The summed E-state index contributed by atoms with van der Waals surface area (Å²) >= 11 is 0. The average molecular weight is 194 g/mol. The number of nitrogens with one attached hydrogen (secondary N) is 1. The molecule has 2 rings (SSSR count). The van der Waals surface area contributed by atoms with Crippen LogP contribution in [0.15, 0.2) is 18.5 Å². The number of hydrogen-bond donors (Lipinski definition) is 2. The molecule has 2 N–H and O–H groups in total. The lowest BCUT2D eigenvalue weighted by Crippen LogP contribution is -2.60. The van der Waals surface area contributed by atoms with Crippen LogP contribution in [0.4, 0.5) is 0 Å². The van der Waals surface area contributed by atoms with Gasteiger partial charge in [0.05, 0.1) is 18.9 Å². The molecule has 0 atom stereocenters. The summed E-state index contributed by atoms with van der Waals surface area (Å²) in [5.74, 6) is 0.735. The first kappa shape index (κ1) is 9.43. The van der Waals surface area contributed by atoms with Crippen LogP contribution < -0.4 is 10.1 Å². The van der Waals surface area contributed by atoms with Crippen LogP contribution in [-0.4, -0.2) is 35.9 Å². The monoisotopic (exact) mass is 194 g/mol. The summed E-state index contributed by atoms with van der Waals surface area (Å²) in [6, 6.07) is 1.91. The van der Waals surface area contributed by atoms with E-state index in [1.54, 1.807) is 19.5 Å². The number of aliphatic hydroxyl groups is 1. The van der Waals surface area contributed by atoms with Crippen LogP contribution in [0.5, 0.6) is 5.75 Å². The van der Waals surface area contributed by atoms with Crippen molar-refractivity contribution in [3.05, 3.63) is 24.0 Å². The Bertz CT molecular complexity index is 324. The van der Waals surface area contributed by atoms with Gasteiger partial charge in [0, 0.05) is 25.7 Å². The number of ether oxygens (including phenoxy) is 1. The Morgan fingerprint density at radius 3 is 2.93 bits per heavy atom. The fourth-order valence-corrected chi connectivity index (χ4v) is 1.59. The number of rotatable bonds is 3. The normalized spacial score (nSPS) is 18.7. The van der Waals surface area contributed by atoms with E-state index in [-0.39, 0.29) is 0 Å². The van der Waals surface area contributed by atoms with E-state index in [2.05, 4.69) is 10.3 Å². The molecule has 1 fully saturated rings. The first-order valence-electron chi connectivity index (χ1n) is 4.63. The third-order valence-electron chi connectivity index (χ3n) is 2.45. The second-order valence-electron chi connectivity index (χ2n) is 3.74. The van der Waals surface area contributed by atoms with Gasteiger partial charge >= 0.3 is 0 Å². The maximum atomic E-state index is 9.90. The standard InChI is InChI=1S/C10H14N2O2/c1-14-9-2-8(4-11-5-9)3-10(13)6-12-7-10/h2,4-5,12-13H,3,6-7H2,1H3. The first-order chi connectivity index (χ1) is 6.72. The molecule has 1 saturated heterocycles. The second-order valence-corrected chi connectivity index (χ2v) is 3.74. The van der Waals surface area contributed by atoms with E-state index < -0.39 is 5.60 Å². The minimum Gasteiger partial charge on any atom is -0.495 e. The highest BCUT2D eigenvalue weighted by Gasteiger charge is 2.34. The van der Waals surface area contributed by atoms with Crippen molar-refractivity contribution in [3.63, 3.8) is 0 Å². The Labute approximate surface area is 82.9 Å². The molecule has 1 aromatic heterocycles. The van der Waals surface area contributed by atoms with E-state index in [9.17, 15) is 5.11 Å². The van der Waals surface area contributed by atoms with Gasteiger partial charge in [0.2, 0.25) is 0 Å². The average Bonchev–Trinajstić information content (AvgIpc) is 2.16. The summed E-state index contributed by atoms with van der Waals surface area (Å²) in [5.41, 5.74) is 0.418. The summed E-state index contributed by atoms with van der Waals surface area (Å²) in [7, 11) is 1.61. The van der Waals surface area contributed by atoms with Gasteiger partial charge in [-0.05, 0) is 11.6 Å². The number of pyridine rings is 1. The Morgan fingerprint density at radius 1 is 1.57 bits per heavy atom. The molecule has 4 nitrogen and oxygen atoms in total. The predicted molar refractivity (Wildman–Crippen MR) is 52.3 cm³/mol. The predicted octanol–water partition coefficient (Wildman–Crippen LogP) is -0.0330. The number of β-amino-alcohol motifs (C(OH)–C–C–N with tert-alkyl or cyclic N) is 1. The number of hydrogen-bond acceptors (Lipinski definition) is 4. The molecule has 2 heterocycles. The highest BCUT2D eigenvalue weighted by Crippen LogP contribution is 2.19. The summed E-state index contributed by atoms with van der Waals surface area (Å²) < 4.78 is 5.06. The lowest BCUT2D eigenvalue weighted by atomic mass is 9.90. The van der Waals surface area contributed by atoms with Gasteiger partial charge in [-0.3, -0.25) is 4.98 Å². The molecule has 0 spiro atoms. The molecular formula is C10H14N2O2. The molecule has 0 radical (unpaired) electrons. The van der Waals surface area contributed by atoms with Gasteiger partial charge < -0.3 is 15.2 Å². The molecule has 0 aliphatic carbocycles. The second kappa shape index (κ2) is 3.55. The SMILES string of the molecule is COc1cncc(CC2(O)CNC2)c1. The third kappa shape index (κ3) is 1.86. The fraction of sp³-hybridized carbons (Fsp3) is 0.500. The fourth-order valence-electron chi connectivity index (χ4n) is 1.59. The minimum atomic E-state index is -0.589. The minimum absolute atomic E-state index is 0.589. The Morgan fingerprint density at radius 2 is 2.36 bits per heavy atom. The van der Waals surface area contributed by atoms with Gasteiger partial charge in [0.15, 0.2) is 0 Å². The van der Waals surface area contributed by atoms with Crippen molar-refractivity contribution in [3.8, 4) is 5.75 Å². The van der Waals surface area contributed by atoms with Crippen molar-refractivity contribution in [2.75, 3.05) is 20.2 Å². The Balaban J connectivity index is 2.08. The van der Waals surface area contributed by atoms with Crippen molar-refractivity contribution in [1.82, 2.24) is 10.3 Å². The Kier molecular flexibility index (Phi) is 2.39. The highest BCUT2D eigenvalue weighted by molar-refractivity contribution is 5.25. The smallest absolute Gasteiger partial charge is 0.137 e. The van der Waals surface area contributed by atoms with Crippen LogP contribution in [0.3, 0.4) is 0 Å². The summed E-state index contributed by atoms with van der Waals surface area (Å²) in [5, 5.41) is 12.9. The van der Waals surface area contributed by atoms with Crippen LogP contribution in [0.25, 0.3) is 0 Å². The van der Waals surface area contributed by atoms with Gasteiger partial charge in [0.1, 0.15) is 5.75 Å². The van der Waals surface area contributed by atoms with Gasteiger partial charge in [-0.2, -0.15) is 0 Å². The van der Waals surface area contributed by atoms with Crippen LogP contribution in [-0.2, 0) is 6.42 Å². The van der Waals surface area contributed by atoms with Gasteiger partial charge in [-0.1, -0.05) is 0 Å². The van der Waals surface area contributed by atoms with E-state index in [0.29, 0.717) is 19.5 Å². The molecular weight excluding hydrogens is 180 g/mol. The molecule has 14 heavy (non-hydrogen) atoms. The van der Waals surface area contributed by atoms with E-state index in [1.165, 1.54) is 0 Å². The zero-order valence-electron chi connectivity index (χ0n) is 8.16. The molecule has 0 amide bonds. The van der Waals surface area contributed by atoms with Crippen LogP contribution >= 0.6 is 0 Å². The van der Waals surface area contributed by atoms with Crippen molar-refractivity contribution >= 4 is 0 Å². The van der Waals surface area contributed by atoms with E-state index in [0.717, 1.165) is 11.3 Å². The van der Waals surface area contributed by atoms with Gasteiger partial charge in [-0.15, -0.1) is 0 Å². The van der Waals surface area contributed by atoms with Gasteiger partial charge in [-0.25, -0.2) is 0 Å². The maximum Gasteiger partial charge on any atom is 0.137 e. The van der Waals surface area contributed by atoms with Crippen LogP contribution in [0.2, 0.25) is 0 Å². The Hall–Kier alpha value is -1.13. The zero-order chi connectivity index (χ0) is 10.0. The zero-order valence-corrected chi connectivity index (χ0v) is 8.16. The van der Waals surface area contributed by atoms with Crippen molar-refractivity contribution < 1.29 is 9.84 Å². The van der Waals surface area contributed by atoms with Gasteiger partial charge in [0.25, 0.3) is 0 Å². The summed E-state index contributed by atoms with van der Waals surface area (Å²) in [6.07, 6.45) is 4.05. The largest absolute Gasteiger partial charge is 0.495 e. The molecule has 76 valence electrons. The topological polar surface area (TPSA) is 54.4 Å². The molecule has 0 aromatic carbocycles. The lowest BCUT2D eigenvalue weighted by molar-refractivity contribution is -0.00910. The van der Waals surface area contributed by atoms with Crippen LogP contribution in [0.1, 0.15) is 5.56 Å². The van der Waals surface area contributed by atoms with Crippen molar-refractivity contribution in [2.24, 2.45) is 0 Å². The third-order valence-corrected chi connectivity index (χ3v) is 2.45. The number of aromatic nitrogens is 1. The number of nitrogens with zero attached hydrogens (tertiary/aromatic N) is 1. The van der Waals surface area contributed by atoms with Crippen molar-refractivity contribution in [1.29, 1.82) is 0 Å². The lowest BCUT2D eigenvalue weighted by Gasteiger charge is -2.37. The first-order valence-corrected chi connectivity index (χ1v) is 4.63. The molecule has 0 bridgehead atoms. The molecule has 1 aromatic rings. The summed E-state index contributed by atoms with van der Waals surface area (Å²) in [6.45, 7) is 1.31. The quantitative estimate of drug-likeness (QED) is 0.709. The molecule has 1 aliphatic rings. The molecule has 1 aliphatic heterocycles. The van der Waals surface area contributed by atoms with E-state index in [1.807, 2.05) is 6.07 Å². The molecule has 0 unspecified atom stereocenters. The summed E-state index contributed by atoms with van der Waals surface area (Å²) in [4.78, 5) is 4.04. The van der Waals surface area contributed by atoms with E-state index >= 15 is 0 Å². The number of methoxy groups -OCH3 is 1. The highest BCUT2D eigenvalue weighted by atomic mass is 16.5. The van der Waals surface area contributed by atoms with Crippen molar-refractivity contribution in [2.45, 2.75) is 12.0 Å². The molecule has 4 heteroatoms. The van der Waals surface area contributed by atoms with E-state index in [4.69, 9.17) is 4.74 Å². The maximum absolute atomic E-state index is 9.90. The van der Waals surface area contributed by atoms with Crippen LogP contribution in [0, 0.1) is 0 Å².